The van der Waals surface area contributed by atoms with E-state index in [2.05, 4.69) is 41.2 Å². The van der Waals surface area contributed by atoms with Crippen LogP contribution < -0.4 is 10.6 Å². The summed E-state index contributed by atoms with van der Waals surface area (Å²) in [7, 11) is 0. The van der Waals surface area contributed by atoms with Crippen LogP contribution in [-0.4, -0.2) is 51.3 Å². The molecule has 0 aliphatic heterocycles. The van der Waals surface area contributed by atoms with E-state index in [-0.39, 0.29) is 11.8 Å². The van der Waals surface area contributed by atoms with Gasteiger partial charge in [-0.15, -0.1) is 0 Å². The molecule has 6 nitrogen and oxygen atoms in total. The second-order valence-electron chi connectivity index (χ2n) is 10.2. The van der Waals surface area contributed by atoms with Gasteiger partial charge in [0.1, 0.15) is 0 Å². The molecule has 0 aromatic heterocycles. The predicted octanol–water partition coefficient (Wildman–Crippen LogP) is 6.71. The second kappa shape index (κ2) is 32.2. The first kappa shape index (κ1) is 37.0. The molecule has 0 spiro atoms. The Hall–Kier alpha value is -2.02. The fraction of sp³-hybridized carbons (Fsp3) is 0.818. The van der Waals surface area contributed by atoms with Crippen LogP contribution in [0.3, 0.4) is 0 Å². The molecule has 2 amide bonds. The topological polar surface area (TPSA) is 76.7 Å². The summed E-state index contributed by atoms with van der Waals surface area (Å²) in [5, 5.41) is 5.55. The maximum absolute atomic E-state index is 11.9. The molecule has 224 valence electrons. The van der Waals surface area contributed by atoms with Crippen molar-refractivity contribution in [3.8, 4) is 23.7 Å². The van der Waals surface area contributed by atoms with Crippen LogP contribution in [0.5, 0.6) is 0 Å². The summed E-state index contributed by atoms with van der Waals surface area (Å²) in [6.07, 6.45) is 22.8. The van der Waals surface area contributed by atoms with Crippen molar-refractivity contribution in [3.05, 3.63) is 0 Å². The molecular formula is C33H58N2O4. The molecule has 6 heteroatoms. The predicted molar refractivity (Wildman–Crippen MR) is 162 cm³/mol. The minimum absolute atomic E-state index is 0.0577. The number of hydrogen-bond acceptors (Lipinski definition) is 4. The van der Waals surface area contributed by atoms with E-state index in [9.17, 15) is 9.59 Å². The van der Waals surface area contributed by atoms with Crippen LogP contribution in [0.4, 0.5) is 0 Å². The van der Waals surface area contributed by atoms with E-state index < -0.39 is 0 Å². The van der Waals surface area contributed by atoms with Gasteiger partial charge in [0.25, 0.3) is 0 Å². The van der Waals surface area contributed by atoms with E-state index in [0.29, 0.717) is 45.9 Å². The average Bonchev–Trinajstić information content (AvgIpc) is 2.92. The molecule has 0 atom stereocenters. The van der Waals surface area contributed by atoms with Gasteiger partial charge in [0, 0.05) is 39.3 Å². The second-order valence-corrected chi connectivity index (χ2v) is 10.2. The minimum atomic E-state index is -0.0577. The van der Waals surface area contributed by atoms with Crippen molar-refractivity contribution < 1.29 is 19.1 Å². The largest absolute Gasteiger partial charge is 0.377 e. The van der Waals surface area contributed by atoms with Gasteiger partial charge in [-0.2, -0.15) is 0 Å². The van der Waals surface area contributed by atoms with Crippen molar-refractivity contribution >= 4 is 11.8 Å². The van der Waals surface area contributed by atoms with Crippen LogP contribution in [0.25, 0.3) is 0 Å². The fourth-order valence-corrected chi connectivity index (χ4v) is 4.09. The van der Waals surface area contributed by atoms with Crippen LogP contribution in [0.2, 0.25) is 0 Å². The molecule has 0 aromatic carbocycles. The summed E-state index contributed by atoms with van der Waals surface area (Å²) in [4.78, 5) is 22.6. The number of carbonyl (C=O) groups is 2. The first-order valence-electron chi connectivity index (χ1n) is 15.8. The molecule has 0 fully saturated rings. The molecule has 0 heterocycles. The number of rotatable bonds is 27. The number of unbranched alkanes of at least 4 members (excludes halogenated alkanes) is 16. The lowest BCUT2D eigenvalue weighted by Gasteiger charge is -2.07. The highest BCUT2D eigenvalue weighted by Crippen LogP contribution is 2.11. The van der Waals surface area contributed by atoms with Gasteiger partial charge in [-0.25, -0.2) is 0 Å². The molecular weight excluding hydrogens is 488 g/mol. The average molecular weight is 547 g/mol. The Kier molecular flexibility index (Phi) is 30.5. The molecule has 0 aliphatic carbocycles. The van der Waals surface area contributed by atoms with Crippen LogP contribution >= 0.6 is 0 Å². The highest BCUT2D eigenvalue weighted by atomic mass is 16.5. The molecule has 0 rings (SSSR count). The highest BCUT2D eigenvalue weighted by Gasteiger charge is 2.01. The van der Waals surface area contributed by atoms with Gasteiger partial charge in [-0.05, 0) is 31.1 Å². The van der Waals surface area contributed by atoms with E-state index >= 15 is 0 Å². The van der Waals surface area contributed by atoms with Gasteiger partial charge in [-0.1, -0.05) is 102 Å². The van der Waals surface area contributed by atoms with Crippen LogP contribution in [0.15, 0.2) is 0 Å². The third-order valence-corrected chi connectivity index (χ3v) is 6.41. The van der Waals surface area contributed by atoms with E-state index in [0.717, 1.165) is 32.1 Å². The molecule has 0 saturated carbocycles. The molecule has 0 aliphatic rings. The highest BCUT2D eigenvalue weighted by molar-refractivity contribution is 5.75. The van der Waals surface area contributed by atoms with E-state index in [1.807, 2.05) is 0 Å². The Bertz CT molecular complexity index is 687. The maximum atomic E-state index is 11.9. The van der Waals surface area contributed by atoms with E-state index in [1.54, 1.807) is 0 Å². The zero-order valence-corrected chi connectivity index (χ0v) is 25.3. The third-order valence-electron chi connectivity index (χ3n) is 6.41. The first-order valence-corrected chi connectivity index (χ1v) is 15.8. The Balaban J connectivity index is 3.31. The molecule has 0 aromatic rings. The summed E-state index contributed by atoms with van der Waals surface area (Å²) in [5.74, 6) is 12.4. The minimum Gasteiger partial charge on any atom is -0.377 e. The summed E-state index contributed by atoms with van der Waals surface area (Å²) in [5.41, 5.74) is 0. The molecule has 0 saturated heterocycles. The molecule has 0 bridgehead atoms. The van der Waals surface area contributed by atoms with Gasteiger partial charge >= 0.3 is 0 Å². The lowest BCUT2D eigenvalue weighted by atomic mass is 10.1. The quantitative estimate of drug-likeness (QED) is 0.0887. The number of ether oxygens (including phenoxy) is 2. The smallest absolute Gasteiger partial charge is 0.220 e. The van der Waals surface area contributed by atoms with Crippen molar-refractivity contribution in [2.45, 2.75) is 136 Å². The van der Waals surface area contributed by atoms with Crippen LogP contribution in [-0.2, 0) is 19.1 Å². The van der Waals surface area contributed by atoms with Crippen molar-refractivity contribution in [1.82, 2.24) is 10.6 Å². The lowest BCUT2D eigenvalue weighted by molar-refractivity contribution is -0.121. The Morgan fingerprint density at radius 3 is 1.49 bits per heavy atom. The molecule has 39 heavy (non-hydrogen) atoms. The third kappa shape index (κ3) is 34.0. The summed E-state index contributed by atoms with van der Waals surface area (Å²) in [6, 6.07) is 0. The monoisotopic (exact) mass is 546 g/mol. The summed E-state index contributed by atoms with van der Waals surface area (Å²) >= 11 is 0. The first-order chi connectivity index (χ1) is 19.2. The van der Waals surface area contributed by atoms with Gasteiger partial charge in [0.15, 0.2) is 0 Å². The number of hydrogen-bond donors (Lipinski definition) is 2. The van der Waals surface area contributed by atoms with Gasteiger partial charge in [-0.3, -0.25) is 9.59 Å². The van der Waals surface area contributed by atoms with Crippen molar-refractivity contribution in [3.63, 3.8) is 0 Å². The normalized spacial score (nSPS) is 10.3. The summed E-state index contributed by atoms with van der Waals surface area (Å²) < 4.78 is 10.7. The Labute approximate surface area is 240 Å². The van der Waals surface area contributed by atoms with Gasteiger partial charge in [0.2, 0.25) is 11.8 Å². The van der Waals surface area contributed by atoms with E-state index in [4.69, 9.17) is 9.47 Å². The van der Waals surface area contributed by atoms with Crippen molar-refractivity contribution in [2.24, 2.45) is 0 Å². The number of nitrogens with one attached hydrogen (secondary N) is 2. The van der Waals surface area contributed by atoms with Gasteiger partial charge in [0.05, 0.1) is 26.4 Å². The number of carbonyl (C=O) groups excluding carboxylic acids is 2. The SMILES string of the molecule is CCCCCCCCCCCCC#CC#CCCCCCCCCC(=O)NCCOCCOCCNC(C)=O. The molecule has 2 N–H and O–H groups in total. The molecule has 0 radical (unpaired) electrons. The van der Waals surface area contributed by atoms with E-state index in [1.165, 1.54) is 90.4 Å². The zero-order chi connectivity index (χ0) is 28.5. The van der Waals surface area contributed by atoms with Gasteiger partial charge < -0.3 is 20.1 Å². The Morgan fingerprint density at radius 1 is 0.564 bits per heavy atom. The fourth-order valence-electron chi connectivity index (χ4n) is 4.09. The van der Waals surface area contributed by atoms with Crippen LogP contribution in [0, 0.1) is 23.7 Å². The molecule has 0 unspecified atom stereocenters. The van der Waals surface area contributed by atoms with Crippen molar-refractivity contribution in [1.29, 1.82) is 0 Å². The Morgan fingerprint density at radius 2 is 1.00 bits per heavy atom. The van der Waals surface area contributed by atoms with Crippen LogP contribution in [0.1, 0.15) is 136 Å². The standard InChI is InChI=1S/C33H58N2O4/c1-3-4-5-6-7-8-9-10-11-12-13-14-15-16-17-18-19-20-21-22-23-24-25-33(37)35-27-29-39-31-30-38-28-26-34-32(2)36/h3-13,18-31H2,1-2H3,(H,34,36)(H,35,37). The maximum Gasteiger partial charge on any atom is 0.220 e. The lowest BCUT2D eigenvalue weighted by Crippen LogP contribution is -2.27. The zero-order valence-electron chi connectivity index (χ0n) is 25.3. The van der Waals surface area contributed by atoms with Crippen molar-refractivity contribution in [2.75, 3.05) is 39.5 Å². The number of amides is 2. The summed E-state index contributed by atoms with van der Waals surface area (Å²) in [6.45, 7) is 6.70.